The summed E-state index contributed by atoms with van der Waals surface area (Å²) < 4.78 is 0. The van der Waals surface area contributed by atoms with Crippen molar-refractivity contribution >= 4 is 10.9 Å². The van der Waals surface area contributed by atoms with Crippen molar-refractivity contribution in [2.24, 2.45) is 5.73 Å². The second-order valence-corrected chi connectivity index (χ2v) is 5.40. The van der Waals surface area contributed by atoms with E-state index >= 15 is 0 Å². The summed E-state index contributed by atoms with van der Waals surface area (Å²) in [7, 11) is 2.14. The summed E-state index contributed by atoms with van der Waals surface area (Å²) in [6.45, 7) is 5.97. The number of nitrogens with zero attached hydrogens (tertiary/aromatic N) is 2. The molecule has 0 aliphatic rings. The molecule has 0 spiro atoms. The van der Waals surface area contributed by atoms with E-state index < -0.39 is 0 Å². The van der Waals surface area contributed by atoms with Crippen molar-refractivity contribution in [2.75, 3.05) is 13.6 Å². The van der Waals surface area contributed by atoms with E-state index in [1.165, 1.54) is 10.9 Å². The Labute approximate surface area is 115 Å². The molecule has 0 saturated heterocycles. The van der Waals surface area contributed by atoms with Gasteiger partial charge in [0.25, 0.3) is 0 Å². The van der Waals surface area contributed by atoms with Gasteiger partial charge in [-0.1, -0.05) is 25.1 Å². The van der Waals surface area contributed by atoms with Gasteiger partial charge in [0, 0.05) is 30.2 Å². The lowest BCUT2D eigenvalue weighted by atomic mass is 9.96. The SMILES string of the molecule is CCC(C)(CN)N(C)Cc1ccnc2ccccc12. The maximum atomic E-state index is 5.93. The number of nitrogens with two attached hydrogens (primary N) is 1. The van der Waals surface area contributed by atoms with E-state index in [4.69, 9.17) is 5.73 Å². The second kappa shape index (κ2) is 5.68. The van der Waals surface area contributed by atoms with Crippen LogP contribution in [0.5, 0.6) is 0 Å². The summed E-state index contributed by atoms with van der Waals surface area (Å²) in [5.41, 5.74) is 8.34. The summed E-state index contributed by atoms with van der Waals surface area (Å²) in [4.78, 5) is 6.75. The van der Waals surface area contributed by atoms with E-state index in [1.807, 2.05) is 12.3 Å². The molecular formula is C16H23N3. The third-order valence-electron chi connectivity index (χ3n) is 4.27. The average molecular weight is 257 g/mol. The minimum absolute atomic E-state index is 0.0460. The first-order valence-corrected chi connectivity index (χ1v) is 6.84. The van der Waals surface area contributed by atoms with Gasteiger partial charge in [-0.05, 0) is 38.1 Å². The summed E-state index contributed by atoms with van der Waals surface area (Å²) in [6.07, 6.45) is 2.93. The zero-order chi connectivity index (χ0) is 13.9. The van der Waals surface area contributed by atoms with Gasteiger partial charge in [0.2, 0.25) is 0 Å². The van der Waals surface area contributed by atoms with Gasteiger partial charge in [0.1, 0.15) is 0 Å². The van der Waals surface area contributed by atoms with Crippen molar-refractivity contribution in [1.82, 2.24) is 9.88 Å². The number of para-hydroxylation sites is 1. The van der Waals surface area contributed by atoms with Gasteiger partial charge in [0.15, 0.2) is 0 Å². The van der Waals surface area contributed by atoms with Gasteiger partial charge in [-0.2, -0.15) is 0 Å². The fraction of sp³-hybridized carbons (Fsp3) is 0.438. The Morgan fingerprint density at radius 3 is 2.68 bits per heavy atom. The van der Waals surface area contributed by atoms with Gasteiger partial charge in [0.05, 0.1) is 5.52 Å². The molecule has 1 aromatic heterocycles. The molecule has 2 aromatic rings. The minimum atomic E-state index is 0.0460. The number of pyridine rings is 1. The Bertz CT molecular complexity index is 541. The van der Waals surface area contributed by atoms with Crippen LogP contribution < -0.4 is 5.73 Å². The third kappa shape index (κ3) is 2.77. The van der Waals surface area contributed by atoms with Crippen LogP contribution in [0, 0.1) is 0 Å². The number of likely N-dealkylation sites (N-methyl/N-ethyl adjacent to an activating group) is 1. The zero-order valence-electron chi connectivity index (χ0n) is 12.1. The molecule has 0 amide bonds. The highest BCUT2D eigenvalue weighted by molar-refractivity contribution is 5.81. The largest absolute Gasteiger partial charge is 0.329 e. The summed E-state index contributed by atoms with van der Waals surface area (Å²) in [5, 5.41) is 1.23. The molecule has 0 saturated carbocycles. The van der Waals surface area contributed by atoms with Crippen LogP contribution in [0.25, 0.3) is 10.9 Å². The number of hydrogen-bond donors (Lipinski definition) is 1. The Balaban J connectivity index is 2.31. The molecule has 3 heteroatoms. The van der Waals surface area contributed by atoms with Crippen LogP contribution in [-0.4, -0.2) is 29.0 Å². The van der Waals surface area contributed by atoms with Crippen molar-refractivity contribution in [3.63, 3.8) is 0 Å². The first-order valence-electron chi connectivity index (χ1n) is 6.84. The van der Waals surface area contributed by atoms with Crippen LogP contribution in [0.15, 0.2) is 36.5 Å². The Morgan fingerprint density at radius 2 is 2.00 bits per heavy atom. The average Bonchev–Trinajstić information content (AvgIpc) is 2.46. The van der Waals surface area contributed by atoms with E-state index in [-0.39, 0.29) is 5.54 Å². The molecule has 0 bridgehead atoms. The Morgan fingerprint density at radius 1 is 1.26 bits per heavy atom. The fourth-order valence-electron chi connectivity index (χ4n) is 2.31. The lowest BCUT2D eigenvalue weighted by Crippen LogP contribution is -2.48. The topological polar surface area (TPSA) is 42.1 Å². The van der Waals surface area contributed by atoms with Gasteiger partial charge in [-0.3, -0.25) is 9.88 Å². The fourth-order valence-corrected chi connectivity index (χ4v) is 2.31. The molecule has 0 fully saturated rings. The van der Waals surface area contributed by atoms with E-state index in [0.717, 1.165) is 18.5 Å². The molecule has 2 N–H and O–H groups in total. The molecule has 0 aliphatic heterocycles. The predicted octanol–water partition coefficient (Wildman–Crippen LogP) is 2.79. The van der Waals surface area contributed by atoms with Crippen molar-refractivity contribution in [3.8, 4) is 0 Å². The number of benzene rings is 1. The summed E-state index contributed by atoms with van der Waals surface area (Å²) in [5.74, 6) is 0. The van der Waals surface area contributed by atoms with Crippen LogP contribution in [0.2, 0.25) is 0 Å². The van der Waals surface area contributed by atoms with Crippen LogP contribution in [0.1, 0.15) is 25.8 Å². The van der Waals surface area contributed by atoms with E-state index in [0.29, 0.717) is 6.54 Å². The van der Waals surface area contributed by atoms with Crippen molar-refractivity contribution in [3.05, 3.63) is 42.1 Å². The Hall–Kier alpha value is -1.45. The maximum Gasteiger partial charge on any atom is 0.0705 e. The standard InChI is InChI=1S/C16H23N3/c1-4-16(2,12-17)19(3)11-13-9-10-18-15-8-6-5-7-14(13)15/h5-10H,4,11-12,17H2,1-3H3. The minimum Gasteiger partial charge on any atom is -0.329 e. The van der Waals surface area contributed by atoms with Crippen LogP contribution in [-0.2, 0) is 6.54 Å². The molecular weight excluding hydrogens is 234 g/mol. The highest BCUT2D eigenvalue weighted by Crippen LogP contribution is 2.22. The molecule has 2 rings (SSSR count). The van der Waals surface area contributed by atoms with Gasteiger partial charge < -0.3 is 5.73 Å². The lowest BCUT2D eigenvalue weighted by Gasteiger charge is -2.37. The molecule has 0 radical (unpaired) electrons. The predicted molar refractivity (Wildman–Crippen MR) is 81.0 cm³/mol. The molecule has 1 atom stereocenters. The van der Waals surface area contributed by atoms with Crippen molar-refractivity contribution < 1.29 is 0 Å². The number of fused-ring (bicyclic) bond motifs is 1. The molecule has 1 aromatic carbocycles. The highest BCUT2D eigenvalue weighted by Gasteiger charge is 2.25. The van der Waals surface area contributed by atoms with Gasteiger partial charge >= 0.3 is 0 Å². The van der Waals surface area contributed by atoms with E-state index in [9.17, 15) is 0 Å². The zero-order valence-corrected chi connectivity index (χ0v) is 12.1. The number of aromatic nitrogens is 1. The summed E-state index contributed by atoms with van der Waals surface area (Å²) >= 11 is 0. The third-order valence-corrected chi connectivity index (χ3v) is 4.27. The molecule has 1 heterocycles. The normalized spacial score (nSPS) is 14.8. The molecule has 102 valence electrons. The molecule has 1 unspecified atom stereocenters. The van der Waals surface area contributed by atoms with E-state index in [2.05, 4.69) is 55.0 Å². The molecule has 3 nitrogen and oxygen atoms in total. The monoisotopic (exact) mass is 257 g/mol. The summed E-state index contributed by atoms with van der Waals surface area (Å²) in [6, 6.07) is 10.4. The van der Waals surface area contributed by atoms with Crippen LogP contribution in [0.4, 0.5) is 0 Å². The number of hydrogen-bond acceptors (Lipinski definition) is 3. The molecule has 19 heavy (non-hydrogen) atoms. The van der Waals surface area contributed by atoms with Crippen LogP contribution in [0.3, 0.4) is 0 Å². The smallest absolute Gasteiger partial charge is 0.0705 e. The maximum absolute atomic E-state index is 5.93. The van der Waals surface area contributed by atoms with Crippen LogP contribution >= 0.6 is 0 Å². The quantitative estimate of drug-likeness (QED) is 0.895. The van der Waals surface area contributed by atoms with Gasteiger partial charge in [-0.25, -0.2) is 0 Å². The van der Waals surface area contributed by atoms with Gasteiger partial charge in [-0.15, -0.1) is 0 Å². The Kier molecular flexibility index (Phi) is 4.17. The number of rotatable bonds is 5. The lowest BCUT2D eigenvalue weighted by molar-refractivity contribution is 0.132. The highest BCUT2D eigenvalue weighted by atomic mass is 15.2. The second-order valence-electron chi connectivity index (χ2n) is 5.40. The van der Waals surface area contributed by atoms with E-state index in [1.54, 1.807) is 0 Å². The van der Waals surface area contributed by atoms with Crippen molar-refractivity contribution in [1.29, 1.82) is 0 Å². The molecule has 0 aliphatic carbocycles. The van der Waals surface area contributed by atoms with Crippen molar-refractivity contribution in [2.45, 2.75) is 32.4 Å². The first-order chi connectivity index (χ1) is 9.10. The first kappa shape index (κ1) is 14.0.